The first-order chi connectivity index (χ1) is 11.4. The summed E-state index contributed by atoms with van der Waals surface area (Å²) in [4.78, 5) is 12.4. The van der Waals surface area contributed by atoms with Gasteiger partial charge in [0.1, 0.15) is 0 Å². The Morgan fingerprint density at radius 2 is 2.08 bits per heavy atom. The monoisotopic (exact) mass is 328 g/mol. The SMILES string of the molecule is COc1cc(C#N)ccc1O[C@@H](C)C(=O)Nc1c(C)nn(C)c1C. The molecule has 0 radical (unpaired) electrons. The number of rotatable bonds is 5. The Hall–Kier alpha value is -3.01. The van der Waals surface area contributed by atoms with Gasteiger partial charge < -0.3 is 14.8 Å². The third kappa shape index (κ3) is 3.49. The minimum atomic E-state index is -0.745. The Kier molecular flexibility index (Phi) is 5.09. The Balaban J connectivity index is 2.13. The van der Waals surface area contributed by atoms with Crippen LogP contribution in [0, 0.1) is 25.2 Å². The average Bonchev–Trinajstić information content (AvgIpc) is 2.81. The predicted octanol–water partition coefficient (Wildman–Crippen LogP) is 2.32. The van der Waals surface area contributed by atoms with Gasteiger partial charge >= 0.3 is 0 Å². The minimum absolute atomic E-state index is 0.291. The zero-order valence-corrected chi connectivity index (χ0v) is 14.4. The lowest BCUT2D eigenvalue weighted by atomic mass is 10.2. The lowest BCUT2D eigenvalue weighted by Gasteiger charge is -2.17. The van der Waals surface area contributed by atoms with Gasteiger partial charge in [-0.3, -0.25) is 9.48 Å². The number of anilines is 1. The van der Waals surface area contributed by atoms with E-state index >= 15 is 0 Å². The predicted molar refractivity (Wildman–Crippen MR) is 89.1 cm³/mol. The number of nitrogens with zero attached hydrogens (tertiary/aromatic N) is 3. The zero-order valence-electron chi connectivity index (χ0n) is 14.4. The van der Waals surface area contributed by atoms with Crippen molar-refractivity contribution in [1.82, 2.24) is 9.78 Å². The highest BCUT2D eigenvalue weighted by Gasteiger charge is 2.20. The number of aryl methyl sites for hydroxylation is 2. The average molecular weight is 328 g/mol. The van der Waals surface area contributed by atoms with E-state index in [-0.39, 0.29) is 5.91 Å². The molecule has 0 aliphatic carbocycles. The van der Waals surface area contributed by atoms with Gasteiger partial charge in [-0.2, -0.15) is 10.4 Å². The topological polar surface area (TPSA) is 89.2 Å². The smallest absolute Gasteiger partial charge is 0.265 e. The van der Waals surface area contributed by atoms with E-state index in [2.05, 4.69) is 10.4 Å². The molecule has 2 rings (SSSR count). The van der Waals surface area contributed by atoms with Crippen LogP contribution in [0.4, 0.5) is 5.69 Å². The summed E-state index contributed by atoms with van der Waals surface area (Å²) < 4.78 is 12.6. The number of carbonyl (C=O) groups excluding carboxylic acids is 1. The highest BCUT2D eigenvalue weighted by atomic mass is 16.5. The Bertz CT molecular complexity index is 805. The van der Waals surface area contributed by atoms with E-state index in [9.17, 15) is 4.79 Å². The van der Waals surface area contributed by atoms with E-state index in [1.807, 2.05) is 27.0 Å². The molecule has 1 N–H and O–H groups in total. The molecule has 0 aliphatic rings. The summed E-state index contributed by atoms with van der Waals surface area (Å²) in [5, 5.41) is 16.0. The second-order valence-electron chi connectivity index (χ2n) is 5.40. The van der Waals surface area contributed by atoms with E-state index in [0.717, 1.165) is 11.4 Å². The van der Waals surface area contributed by atoms with Crippen LogP contribution in [0.5, 0.6) is 11.5 Å². The molecule has 0 fully saturated rings. The fraction of sp³-hybridized carbons (Fsp3) is 0.353. The molecule has 0 saturated carbocycles. The quantitative estimate of drug-likeness (QED) is 0.910. The summed E-state index contributed by atoms with van der Waals surface area (Å²) >= 11 is 0. The molecule has 1 heterocycles. The fourth-order valence-corrected chi connectivity index (χ4v) is 2.26. The Labute approximate surface area is 140 Å². The van der Waals surface area contributed by atoms with E-state index in [1.165, 1.54) is 7.11 Å². The van der Waals surface area contributed by atoms with E-state index in [1.54, 1.807) is 29.8 Å². The number of methoxy groups -OCH3 is 1. The molecule has 0 aliphatic heterocycles. The lowest BCUT2D eigenvalue weighted by Crippen LogP contribution is -2.30. The van der Waals surface area contributed by atoms with Crippen LogP contribution in [-0.4, -0.2) is 28.9 Å². The second-order valence-corrected chi connectivity index (χ2v) is 5.40. The number of hydrogen-bond acceptors (Lipinski definition) is 5. The summed E-state index contributed by atoms with van der Waals surface area (Å²) in [5.74, 6) is 0.516. The van der Waals surface area contributed by atoms with E-state index in [0.29, 0.717) is 22.7 Å². The normalized spacial score (nSPS) is 11.5. The van der Waals surface area contributed by atoms with Crippen molar-refractivity contribution in [2.45, 2.75) is 26.9 Å². The summed E-state index contributed by atoms with van der Waals surface area (Å²) in [7, 11) is 3.30. The van der Waals surface area contributed by atoms with Gasteiger partial charge in [0.2, 0.25) is 0 Å². The lowest BCUT2D eigenvalue weighted by molar-refractivity contribution is -0.122. The molecular weight excluding hydrogens is 308 g/mol. The van der Waals surface area contributed by atoms with Crippen molar-refractivity contribution in [2.75, 3.05) is 12.4 Å². The van der Waals surface area contributed by atoms with E-state index in [4.69, 9.17) is 14.7 Å². The molecule has 0 unspecified atom stereocenters. The van der Waals surface area contributed by atoms with Crippen molar-refractivity contribution >= 4 is 11.6 Å². The molecule has 24 heavy (non-hydrogen) atoms. The number of ether oxygens (including phenoxy) is 2. The maximum absolute atomic E-state index is 12.4. The van der Waals surface area contributed by atoms with Gasteiger partial charge in [0.15, 0.2) is 17.6 Å². The first kappa shape index (κ1) is 17.3. The summed E-state index contributed by atoms with van der Waals surface area (Å²) in [6, 6.07) is 6.82. The number of nitrogens with one attached hydrogen (secondary N) is 1. The molecule has 0 saturated heterocycles. The molecule has 126 valence electrons. The first-order valence-electron chi connectivity index (χ1n) is 7.43. The van der Waals surface area contributed by atoms with Crippen molar-refractivity contribution in [2.24, 2.45) is 7.05 Å². The van der Waals surface area contributed by atoms with Crippen molar-refractivity contribution in [3.8, 4) is 17.6 Å². The summed E-state index contributed by atoms with van der Waals surface area (Å²) in [5.41, 5.74) is 2.75. The van der Waals surface area contributed by atoms with Gasteiger partial charge in [0.05, 0.1) is 35.8 Å². The fourth-order valence-electron chi connectivity index (χ4n) is 2.26. The number of benzene rings is 1. The molecule has 1 amide bonds. The molecule has 1 atom stereocenters. The molecule has 0 spiro atoms. The zero-order chi connectivity index (χ0) is 17.9. The first-order valence-corrected chi connectivity index (χ1v) is 7.43. The Morgan fingerprint density at radius 3 is 2.62 bits per heavy atom. The molecular formula is C17H20N4O3. The molecule has 7 heteroatoms. The molecule has 1 aromatic heterocycles. The molecule has 1 aromatic carbocycles. The molecule has 2 aromatic rings. The van der Waals surface area contributed by atoms with Gasteiger partial charge in [0.25, 0.3) is 5.91 Å². The van der Waals surface area contributed by atoms with Gasteiger partial charge in [-0.15, -0.1) is 0 Å². The van der Waals surface area contributed by atoms with Gasteiger partial charge in [-0.25, -0.2) is 0 Å². The number of nitriles is 1. The Morgan fingerprint density at radius 1 is 1.38 bits per heavy atom. The number of aromatic nitrogens is 2. The van der Waals surface area contributed by atoms with Crippen molar-refractivity contribution in [3.63, 3.8) is 0 Å². The minimum Gasteiger partial charge on any atom is -0.493 e. The summed E-state index contributed by atoms with van der Waals surface area (Å²) in [6.45, 7) is 5.36. The maximum atomic E-state index is 12.4. The van der Waals surface area contributed by atoms with Gasteiger partial charge in [0, 0.05) is 13.1 Å². The highest BCUT2D eigenvalue weighted by molar-refractivity contribution is 5.95. The van der Waals surface area contributed by atoms with Crippen LogP contribution in [0.1, 0.15) is 23.9 Å². The van der Waals surface area contributed by atoms with E-state index < -0.39 is 6.10 Å². The van der Waals surface area contributed by atoms with Crippen LogP contribution < -0.4 is 14.8 Å². The van der Waals surface area contributed by atoms with Crippen LogP contribution >= 0.6 is 0 Å². The molecule has 7 nitrogen and oxygen atoms in total. The van der Waals surface area contributed by atoms with Gasteiger partial charge in [-0.1, -0.05) is 0 Å². The third-order valence-corrected chi connectivity index (χ3v) is 3.72. The number of carbonyl (C=O) groups is 1. The summed E-state index contributed by atoms with van der Waals surface area (Å²) in [6.07, 6.45) is -0.745. The van der Waals surface area contributed by atoms with Crippen LogP contribution in [0.3, 0.4) is 0 Å². The van der Waals surface area contributed by atoms with Crippen molar-refractivity contribution in [1.29, 1.82) is 5.26 Å². The third-order valence-electron chi connectivity index (χ3n) is 3.72. The second kappa shape index (κ2) is 7.04. The van der Waals surface area contributed by atoms with Crippen LogP contribution in [0.15, 0.2) is 18.2 Å². The largest absolute Gasteiger partial charge is 0.493 e. The van der Waals surface area contributed by atoms with Crippen molar-refractivity contribution in [3.05, 3.63) is 35.2 Å². The maximum Gasteiger partial charge on any atom is 0.265 e. The van der Waals surface area contributed by atoms with Crippen LogP contribution in [0.2, 0.25) is 0 Å². The molecule has 0 bridgehead atoms. The standard InChI is InChI=1S/C17H20N4O3/c1-10-16(11(2)21(4)20-10)19-17(22)12(3)24-14-7-6-13(9-18)8-15(14)23-5/h6-8,12H,1-5H3,(H,19,22)/t12-/m0/s1. The van der Waals surface area contributed by atoms with Crippen molar-refractivity contribution < 1.29 is 14.3 Å². The highest BCUT2D eigenvalue weighted by Crippen LogP contribution is 2.29. The van der Waals surface area contributed by atoms with Crippen LogP contribution in [0.25, 0.3) is 0 Å². The number of amides is 1. The van der Waals surface area contributed by atoms with Gasteiger partial charge in [-0.05, 0) is 32.9 Å². The van der Waals surface area contributed by atoms with Crippen LogP contribution in [-0.2, 0) is 11.8 Å². The number of hydrogen-bond donors (Lipinski definition) is 1.